The van der Waals surface area contributed by atoms with Gasteiger partial charge in [-0.2, -0.15) is 0 Å². The number of rotatable bonds is 8. The average molecular weight is 302 g/mol. The molecule has 0 fully saturated rings. The van der Waals surface area contributed by atoms with Crippen LogP contribution in [0.4, 0.5) is 0 Å². The fourth-order valence-corrected chi connectivity index (χ4v) is 2.06. The normalized spacial score (nSPS) is 14.9. The lowest BCUT2D eigenvalue weighted by Gasteiger charge is -2.22. The van der Waals surface area contributed by atoms with Gasteiger partial charge in [0.25, 0.3) is 0 Å². The Kier molecular flexibility index (Phi) is 6.25. The largest absolute Gasteiger partial charge is 0.488 e. The van der Waals surface area contributed by atoms with Crippen LogP contribution < -0.4 is 9.47 Å². The summed E-state index contributed by atoms with van der Waals surface area (Å²) in [5.74, 6) is 1.33. The zero-order chi connectivity index (χ0) is 15.8. The Hall–Kier alpha value is -2.04. The molecule has 2 aromatic rings. The SMILES string of the molecule is CC(Oc1ccccc1)C(O)CCC(O)Oc1ccccc1. The Balaban J connectivity index is 1.73. The van der Waals surface area contributed by atoms with Crippen molar-refractivity contribution in [2.24, 2.45) is 0 Å². The lowest BCUT2D eigenvalue weighted by Crippen LogP contribution is -2.30. The lowest BCUT2D eigenvalue weighted by atomic mass is 10.1. The first-order valence-electron chi connectivity index (χ1n) is 7.44. The summed E-state index contributed by atoms with van der Waals surface area (Å²) >= 11 is 0. The van der Waals surface area contributed by atoms with Gasteiger partial charge in [-0.25, -0.2) is 0 Å². The number of hydrogen-bond acceptors (Lipinski definition) is 4. The molecular weight excluding hydrogens is 280 g/mol. The van der Waals surface area contributed by atoms with Crippen LogP contribution in [0.1, 0.15) is 19.8 Å². The molecular formula is C18H22O4. The second kappa shape index (κ2) is 8.41. The van der Waals surface area contributed by atoms with Crippen LogP contribution >= 0.6 is 0 Å². The molecule has 0 bridgehead atoms. The van der Waals surface area contributed by atoms with E-state index in [2.05, 4.69) is 0 Å². The van der Waals surface area contributed by atoms with Gasteiger partial charge in [0, 0.05) is 6.42 Å². The van der Waals surface area contributed by atoms with Crippen molar-refractivity contribution in [3.8, 4) is 11.5 Å². The van der Waals surface area contributed by atoms with Crippen molar-refractivity contribution in [1.82, 2.24) is 0 Å². The number of aliphatic hydroxyl groups excluding tert-OH is 2. The standard InChI is InChI=1S/C18H22O4/c1-14(21-15-8-4-2-5-9-15)17(19)12-13-18(20)22-16-10-6-3-7-11-16/h2-11,14,17-20H,12-13H2,1H3. The van der Waals surface area contributed by atoms with E-state index in [0.717, 1.165) is 5.75 Å². The van der Waals surface area contributed by atoms with Gasteiger partial charge in [0.15, 0.2) is 6.29 Å². The summed E-state index contributed by atoms with van der Waals surface area (Å²) in [4.78, 5) is 0. The number of hydrogen-bond donors (Lipinski definition) is 2. The van der Waals surface area contributed by atoms with Gasteiger partial charge < -0.3 is 19.7 Å². The molecule has 0 aliphatic carbocycles. The number of ether oxygens (including phenoxy) is 2. The first-order valence-corrected chi connectivity index (χ1v) is 7.44. The summed E-state index contributed by atoms with van der Waals surface area (Å²) < 4.78 is 11.0. The van der Waals surface area contributed by atoms with Crippen molar-refractivity contribution >= 4 is 0 Å². The second-order valence-electron chi connectivity index (χ2n) is 5.17. The highest BCUT2D eigenvalue weighted by Gasteiger charge is 2.18. The molecule has 22 heavy (non-hydrogen) atoms. The maximum atomic E-state index is 10.1. The van der Waals surface area contributed by atoms with E-state index in [-0.39, 0.29) is 6.10 Å². The molecule has 0 saturated heterocycles. The van der Waals surface area contributed by atoms with Crippen LogP contribution in [0.5, 0.6) is 11.5 Å². The first-order chi connectivity index (χ1) is 10.6. The van der Waals surface area contributed by atoms with Crippen molar-refractivity contribution < 1.29 is 19.7 Å². The fraction of sp³-hybridized carbons (Fsp3) is 0.333. The molecule has 0 amide bonds. The molecule has 0 aliphatic heterocycles. The van der Waals surface area contributed by atoms with Crippen LogP contribution in [-0.4, -0.2) is 28.7 Å². The van der Waals surface area contributed by atoms with Gasteiger partial charge >= 0.3 is 0 Å². The molecule has 2 aromatic carbocycles. The van der Waals surface area contributed by atoms with Gasteiger partial charge in [-0.3, -0.25) is 0 Å². The quantitative estimate of drug-likeness (QED) is 0.736. The van der Waals surface area contributed by atoms with Crippen LogP contribution in [0.25, 0.3) is 0 Å². The van der Waals surface area contributed by atoms with E-state index in [1.165, 1.54) is 0 Å². The second-order valence-corrected chi connectivity index (χ2v) is 5.17. The summed E-state index contributed by atoms with van der Waals surface area (Å²) in [6, 6.07) is 18.5. The Morgan fingerprint density at radius 3 is 1.82 bits per heavy atom. The monoisotopic (exact) mass is 302 g/mol. The molecule has 0 heterocycles. The van der Waals surface area contributed by atoms with Crippen LogP contribution in [0.3, 0.4) is 0 Å². The van der Waals surface area contributed by atoms with E-state index in [4.69, 9.17) is 9.47 Å². The summed E-state index contributed by atoms with van der Waals surface area (Å²) in [6.07, 6.45) is -1.25. The molecule has 0 aromatic heterocycles. The van der Waals surface area contributed by atoms with Gasteiger partial charge in [-0.1, -0.05) is 36.4 Å². The molecule has 0 saturated carbocycles. The van der Waals surface area contributed by atoms with E-state index < -0.39 is 12.4 Å². The third-order valence-electron chi connectivity index (χ3n) is 3.33. The van der Waals surface area contributed by atoms with Crippen molar-refractivity contribution in [2.45, 2.75) is 38.3 Å². The zero-order valence-corrected chi connectivity index (χ0v) is 12.6. The maximum Gasteiger partial charge on any atom is 0.197 e. The Bertz CT molecular complexity index is 529. The summed E-state index contributed by atoms with van der Waals surface area (Å²) in [7, 11) is 0. The topological polar surface area (TPSA) is 58.9 Å². The van der Waals surface area contributed by atoms with Crippen LogP contribution in [-0.2, 0) is 0 Å². The highest BCUT2D eigenvalue weighted by Crippen LogP contribution is 2.16. The zero-order valence-electron chi connectivity index (χ0n) is 12.6. The van der Waals surface area contributed by atoms with E-state index in [1.807, 2.05) is 55.5 Å². The van der Waals surface area contributed by atoms with Gasteiger partial charge in [-0.05, 0) is 37.6 Å². The molecule has 2 rings (SSSR count). The van der Waals surface area contributed by atoms with E-state index >= 15 is 0 Å². The lowest BCUT2D eigenvalue weighted by molar-refractivity contribution is -0.0410. The van der Waals surface area contributed by atoms with Crippen molar-refractivity contribution in [3.05, 3.63) is 60.7 Å². The Morgan fingerprint density at radius 1 is 0.773 bits per heavy atom. The predicted octanol–water partition coefficient (Wildman–Crippen LogP) is 2.99. The number of aliphatic hydroxyl groups is 2. The summed E-state index contributed by atoms with van der Waals surface area (Å²) in [6.45, 7) is 1.81. The minimum atomic E-state index is -0.944. The van der Waals surface area contributed by atoms with Gasteiger partial charge in [-0.15, -0.1) is 0 Å². The molecule has 2 N–H and O–H groups in total. The minimum Gasteiger partial charge on any atom is -0.488 e. The molecule has 118 valence electrons. The van der Waals surface area contributed by atoms with Crippen LogP contribution in [0.15, 0.2) is 60.7 Å². The molecule has 0 aliphatic rings. The molecule has 0 spiro atoms. The van der Waals surface area contributed by atoms with E-state index in [9.17, 15) is 10.2 Å². The van der Waals surface area contributed by atoms with E-state index in [1.54, 1.807) is 12.1 Å². The van der Waals surface area contributed by atoms with Gasteiger partial charge in [0.2, 0.25) is 0 Å². The summed E-state index contributed by atoms with van der Waals surface area (Å²) in [5.41, 5.74) is 0. The van der Waals surface area contributed by atoms with Crippen LogP contribution in [0, 0.1) is 0 Å². The van der Waals surface area contributed by atoms with Crippen LogP contribution in [0.2, 0.25) is 0 Å². The third-order valence-corrected chi connectivity index (χ3v) is 3.33. The minimum absolute atomic E-state index is 0.332. The highest BCUT2D eigenvalue weighted by molar-refractivity contribution is 5.21. The Morgan fingerprint density at radius 2 is 1.27 bits per heavy atom. The number of benzene rings is 2. The molecule has 4 heteroatoms. The number of para-hydroxylation sites is 2. The summed E-state index contributed by atoms with van der Waals surface area (Å²) in [5, 5.41) is 20.0. The molecule has 3 unspecified atom stereocenters. The maximum absolute atomic E-state index is 10.1. The van der Waals surface area contributed by atoms with Crippen molar-refractivity contribution in [2.75, 3.05) is 0 Å². The Labute approximate surface area is 130 Å². The van der Waals surface area contributed by atoms with Crippen molar-refractivity contribution in [1.29, 1.82) is 0 Å². The van der Waals surface area contributed by atoms with Gasteiger partial charge in [0.05, 0.1) is 6.10 Å². The molecule has 3 atom stereocenters. The third kappa shape index (κ3) is 5.39. The highest BCUT2D eigenvalue weighted by atomic mass is 16.6. The molecule has 4 nitrogen and oxygen atoms in total. The average Bonchev–Trinajstić information content (AvgIpc) is 2.54. The fourth-order valence-electron chi connectivity index (χ4n) is 2.06. The van der Waals surface area contributed by atoms with Gasteiger partial charge in [0.1, 0.15) is 17.6 Å². The smallest absolute Gasteiger partial charge is 0.197 e. The van der Waals surface area contributed by atoms with Crippen molar-refractivity contribution in [3.63, 3.8) is 0 Å². The predicted molar refractivity (Wildman–Crippen MR) is 84.8 cm³/mol. The first kappa shape index (κ1) is 16.3. The molecule has 0 radical (unpaired) electrons. The van der Waals surface area contributed by atoms with E-state index in [0.29, 0.717) is 18.6 Å².